The number of aromatic hydroxyl groups is 1. The number of Topliss-reactive ketones (excluding diaryl/α,β-unsaturated/α-hetero) is 2. The summed E-state index contributed by atoms with van der Waals surface area (Å²) < 4.78 is 43.9. The Balaban J connectivity index is 1.74. The number of carbonyl (C=O) groups excluding carboxylic acids is 3. The Morgan fingerprint density at radius 1 is 1.21 bits per heavy atom. The number of primary amides is 1. The lowest BCUT2D eigenvalue weighted by Gasteiger charge is -2.50. The minimum Gasteiger partial charge on any atom is -0.511 e. The van der Waals surface area contributed by atoms with Crippen LogP contribution in [-0.2, 0) is 22.2 Å². The number of carbonyl (C=O) groups is 3. The van der Waals surface area contributed by atoms with Gasteiger partial charge in [-0.3, -0.25) is 14.4 Å². The van der Waals surface area contributed by atoms with E-state index < -0.39 is 105 Å². The van der Waals surface area contributed by atoms with Gasteiger partial charge in [-0.2, -0.15) is 13.2 Å². The van der Waals surface area contributed by atoms with Crippen molar-refractivity contribution in [2.24, 2.45) is 29.4 Å². The van der Waals surface area contributed by atoms with Gasteiger partial charge in [-0.05, 0) is 61.3 Å². The Hall–Kier alpha value is -3.38. The van der Waals surface area contributed by atoms with Crippen LogP contribution >= 0.6 is 0 Å². The van der Waals surface area contributed by atoms with E-state index in [2.05, 4.69) is 5.32 Å². The van der Waals surface area contributed by atoms with E-state index in [9.17, 15) is 48.0 Å². The summed E-state index contributed by atoms with van der Waals surface area (Å²) in [5.74, 6) is -9.97. The minimum absolute atomic E-state index is 0.167. The van der Waals surface area contributed by atoms with E-state index in [1.54, 1.807) is 0 Å². The standard InChI is InChI=1S/C30H35F3N2O7/c1-3-6-12(4-2)19-16-10-13-9-15-21(18(36)11-14(17-7-5-8-35-17)23(15)30(31,32)33)25(38)20(13)26(39)29(16,42)27(40)22(24(19)37)28(34)41/h11-13,16-17,19,35-37,39,42H,3-10H2,1-2H3,(H2,34,41)/t12?,13-,16-,17?,19-,29-/m0/s1. The summed E-state index contributed by atoms with van der Waals surface area (Å²) in [6, 6.07) is 0.245. The number of aliphatic hydroxyl groups is 3. The number of hydrogen-bond acceptors (Lipinski definition) is 8. The molecule has 2 unspecified atom stereocenters. The van der Waals surface area contributed by atoms with Crippen LogP contribution in [0.2, 0.25) is 0 Å². The van der Waals surface area contributed by atoms with Crippen molar-refractivity contribution < 1.29 is 48.0 Å². The molecule has 12 heteroatoms. The number of benzene rings is 1. The summed E-state index contributed by atoms with van der Waals surface area (Å²) in [6.07, 6.45) is -2.87. The van der Waals surface area contributed by atoms with Crippen molar-refractivity contribution in [2.45, 2.75) is 76.6 Å². The molecule has 0 bridgehead atoms. The van der Waals surface area contributed by atoms with Gasteiger partial charge in [0.25, 0.3) is 5.91 Å². The molecule has 3 aliphatic carbocycles. The highest BCUT2D eigenvalue weighted by molar-refractivity contribution is 6.24. The van der Waals surface area contributed by atoms with Crippen molar-refractivity contribution in [1.82, 2.24) is 5.32 Å². The Kier molecular flexibility index (Phi) is 7.46. The second-order valence-electron chi connectivity index (χ2n) is 11.9. The van der Waals surface area contributed by atoms with E-state index in [1.807, 2.05) is 13.8 Å². The quantitative estimate of drug-likeness (QED) is 0.269. The molecule has 0 aromatic heterocycles. The van der Waals surface area contributed by atoms with Gasteiger partial charge in [0.05, 0.1) is 11.1 Å². The van der Waals surface area contributed by atoms with E-state index in [-0.39, 0.29) is 17.9 Å². The van der Waals surface area contributed by atoms with E-state index in [0.29, 0.717) is 38.6 Å². The molecule has 5 rings (SSSR count). The molecule has 1 saturated heterocycles. The number of hydrogen-bond donors (Lipinski definition) is 6. The fourth-order valence-corrected chi connectivity index (χ4v) is 7.94. The third kappa shape index (κ3) is 4.24. The predicted molar refractivity (Wildman–Crippen MR) is 143 cm³/mol. The van der Waals surface area contributed by atoms with Gasteiger partial charge in [0.2, 0.25) is 5.78 Å². The third-order valence-electron chi connectivity index (χ3n) is 9.70. The van der Waals surface area contributed by atoms with Crippen LogP contribution in [0.3, 0.4) is 0 Å². The van der Waals surface area contributed by atoms with Gasteiger partial charge in [-0.1, -0.05) is 33.1 Å². The second-order valence-corrected chi connectivity index (χ2v) is 11.9. The highest BCUT2D eigenvalue weighted by Crippen LogP contribution is 2.57. The summed E-state index contributed by atoms with van der Waals surface area (Å²) in [5.41, 5.74) is -1.00. The van der Waals surface area contributed by atoms with E-state index in [4.69, 9.17) is 5.73 Å². The number of allylic oxidation sites excluding steroid dienone is 2. The van der Waals surface area contributed by atoms with Gasteiger partial charge in [0.1, 0.15) is 22.8 Å². The molecular formula is C30H35F3N2O7. The summed E-state index contributed by atoms with van der Waals surface area (Å²) in [7, 11) is 0. The summed E-state index contributed by atoms with van der Waals surface area (Å²) >= 11 is 0. The zero-order chi connectivity index (χ0) is 30.9. The molecule has 42 heavy (non-hydrogen) atoms. The molecule has 1 amide bonds. The first-order valence-corrected chi connectivity index (χ1v) is 14.4. The lowest BCUT2D eigenvalue weighted by Crippen LogP contribution is -2.61. The third-order valence-corrected chi connectivity index (χ3v) is 9.70. The Bertz CT molecular complexity index is 1430. The Morgan fingerprint density at radius 3 is 2.45 bits per heavy atom. The smallest absolute Gasteiger partial charge is 0.417 e. The zero-order valence-electron chi connectivity index (χ0n) is 23.3. The highest BCUT2D eigenvalue weighted by Gasteiger charge is 2.63. The first-order chi connectivity index (χ1) is 19.7. The largest absolute Gasteiger partial charge is 0.511 e. The molecule has 0 saturated carbocycles. The van der Waals surface area contributed by atoms with Gasteiger partial charge in [-0.25, -0.2) is 0 Å². The molecule has 1 heterocycles. The molecule has 1 aromatic rings. The van der Waals surface area contributed by atoms with Crippen LogP contribution in [0.1, 0.15) is 85.5 Å². The molecular weight excluding hydrogens is 557 g/mol. The molecule has 1 aromatic carbocycles. The topological polar surface area (TPSA) is 170 Å². The van der Waals surface area contributed by atoms with E-state index in [1.165, 1.54) is 0 Å². The number of alkyl halides is 3. The fraction of sp³-hybridized carbons (Fsp3) is 0.567. The van der Waals surface area contributed by atoms with Crippen molar-refractivity contribution in [3.05, 3.63) is 51.0 Å². The second kappa shape index (κ2) is 10.4. The van der Waals surface area contributed by atoms with Crippen LogP contribution in [-0.4, -0.2) is 50.0 Å². The molecule has 1 aliphatic heterocycles. The first kappa shape index (κ1) is 30.1. The molecule has 4 aliphatic rings. The number of phenolic OH excluding ortho intramolecular Hbond substituents is 1. The van der Waals surface area contributed by atoms with Crippen LogP contribution in [0.15, 0.2) is 28.7 Å². The molecule has 9 nitrogen and oxygen atoms in total. The number of halogens is 3. The maximum atomic E-state index is 14.6. The highest BCUT2D eigenvalue weighted by atomic mass is 19.4. The predicted octanol–water partition coefficient (Wildman–Crippen LogP) is 4.08. The maximum absolute atomic E-state index is 14.6. The fourth-order valence-electron chi connectivity index (χ4n) is 7.94. The van der Waals surface area contributed by atoms with E-state index >= 15 is 0 Å². The van der Waals surface area contributed by atoms with Crippen LogP contribution in [0.25, 0.3) is 0 Å². The number of nitrogens with one attached hydrogen (secondary N) is 1. The lowest BCUT2D eigenvalue weighted by atomic mass is 9.54. The van der Waals surface area contributed by atoms with Crippen molar-refractivity contribution in [2.75, 3.05) is 6.54 Å². The SMILES string of the molecule is CCCC(CC)[C@@H]1C(O)=C(C(N)=O)C(=O)[C@@]2(O)C(O)=C3C(=O)c4c(O)cc(C5CCCN5)c(C(F)(F)F)c4C[C@H]3C[C@@H]12. The van der Waals surface area contributed by atoms with Crippen molar-refractivity contribution in [1.29, 1.82) is 0 Å². The number of nitrogens with two attached hydrogens (primary N) is 1. The van der Waals surface area contributed by atoms with Crippen LogP contribution in [0.4, 0.5) is 13.2 Å². The molecule has 228 valence electrons. The normalized spacial score (nSPS) is 30.2. The average Bonchev–Trinajstić information content (AvgIpc) is 3.44. The molecule has 0 spiro atoms. The lowest BCUT2D eigenvalue weighted by molar-refractivity contribution is -0.150. The first-order valence-electron chi connectivity index (χ1n) is 14.4. The summed E-state index contributed by atoms with van der Waals surface area (Å²) in [6.45, 7) is 4.19. The van der Waals surface area contributed by atoms with Gasteiger partial charge in [0.15, 0.2) is 11.4 Å². The number of phenols is 1. The van der Waals surface area contributed by atoms with Crippen molar-refractivity contribution in [3.8, 4) is 5.75 Å². The molecule has 1 fully saturated rings. The Morgan fingerprint density at radius 2 is 1.90 bits per heavy atom. The van der Waals surface area contributed by atoms with Crippen LogP contribution in [0, 0.1) is 23.7 Å². The minimum atomic E-state index is -4.87. The summed E-state index contributed by atoms with van der Waals surface area (Å²) in [4.78, 5) is 39.7. The van der Waals surface area contributed by atoms with E-state index in [0.717, 1.165) is 6.07 Å². The van der Waals surface area contributed by atoms with Gasteiger partial charge >= 0.3 is 6.18 Å². The number of aliphatic hydroxyl groups excluding tert-OH is 2. The van der Waals surface area contributed by atoms with Crippen LogP contribution < -0.4 is 11.1 Å². The average molecular weight is 593 g/mol. The maximum Gasteiger partial charge on any atom is 0.417 e. The number of fused-ring (bicyclic) bond motifs is 3. The monoisotopic (exact) mass is 592 g/mol. The van der Waals surface area contributed by atoms with Crippen molar-refractivity contribution in [3.63, 3.8) is 0 Å². The zero-order valence-corrected chi connectivity index (χ0v) is 23.3. The summed E-state index contributed by atoms with van der Waals surface area (Å²) in [5, 5.41) is 48.4. The van der Waals surface area contributed by atoms with Crippen molar-refractivity contribution >= 4 is 17.5 Å². The number of rotatable bonds is 6. The van der Waals surface area contributed by atoms with Gasteiger partial charge in [-0.15, -0.1) is 0 Å². The Labute approximate surface area is 240 Å². The molecule has 7 N–H and O–H groups in total. The van der Waals surface area contributed by atoms with Gasteiger partial charge in [0, 0.05) is 23.5 Å². The van der Waals surface area contributed by atoms with Gasteiger partial charge < -0.3 is 31.5 Å². The number of amides is 1. The molecule has 0 radical (unpaired) electrons. The molecule has 6 atom stereocenters. The van der Waals surface area contributed by atoms with Crippen LogP contribution in [0.5, 0.6) is 5.75 Å². The number of ketones is 2.